The highest BCUT2D eigenvalue weighted by Gasteiger charge is 2.45. The molecule has 42 heavy (non-hydrogen) atoms. The van der Waals surface area contributed by atoms with Crippen molar-refractivity contribution in [2.75, 3.05) is 43.4 Å². The van der Waals surface area contributed by atoms with E-state index in [1.165, 1.54) is 6.42 Å². The molecule has 0 radical (unpaired) electrons. The maximum absolute atomic E-state index is 13.7. The monoisotopic (exact) mass is 575 g/mol. The van der Waals surface area contributed by atoms with Gasteiger partial charge in [0.25, 0.3) is 5.91 Å². The minimum Gasteiger partial charge on any atom is -0.324 e. The first-order valence-corrected chi connectivity index (χ1v) is 16.6. The van der Waals surface area contributed by atoms with Crippen molar-refractivity contribution in [1.82, 2.24) is 4.90 Å². The number of amides is 2. The van der Waals surface area contributed by atoms with Gasteiger partial charge in [-0.1, -0.05) is 56.2 Å². The Morgan fingerprint density at radius 1 is 0.762 bits per heavy atom. The molecule has 230 valence electrons. The first kappa shape index (κ1) is 32.2. The molecule has 2 aliphatic heterocycles. The summed E-state index contributed by atoms with van der Waals surface area (Å²) in [5, 5.41) is 6.60. The van der Waals surface area contributed by atoms with Gasteiger partial charge in [0.1, 0.15) is 0 Å². The predicted molar refractivity (Wildman–Crippen MR) is 175 cm³/mol. The van der Waals surface area contributed by atoms with E-state index >= 15 is 0 Å². The van der Waals surface area contributed by atoms with Gasteiger partial charge >= 0.3 is 0 Å². The van der Waals surface area contributed by atoms with Crippen molar-refractivity contribution in [3.63, 3.8) is 0 Å². The number of benzene rings is 2. The number of quaternary nitrogens is 1. The van der Waals surface area contributed by atoms with Gasteiger partial charge in [0.2, 0.25) is 5.91 Å². The molecular formula is C36H55N4O2+. The van der Waals surface area contributed by atoms with E-state index in [-0.39, 0.29) is 23.9 Å². The van der Waals surface area contributed by atoms with Crippen LogP contribution in [0, 0.1) is 27.7 Å². The summed E-state index contributed by atoms with van der Waals surface area (Å²) in [6.45, 7) is 15.8. The van der Waals surface area contributed by atoms with E-state index < -0.39 is 0 Å². The maximum atomic E-state index is 13.7. The summed E-state index contributed by atoms with van der Waals surface area (Å²) in [7, 11) is 0. The van der Waals surface area contributed by atoms with Crippen LogP contribution in [-0.4, -0.2) is 66.0 Å². The molecule has 2 heterocycles. The van der Waals surface area contributed by atoms with E-state index in [1.54, 1.807) is 0 Å². The van der Waals surface area contributed by atoms with Gasteiger partial charge in [-0.05, 0) is 102 Å². The van der Waals surface area contributed by atoms with Crippen molar-refractivity contribution in [3.05, 3.63) is 58.7 Å². The second-order valence-electron chi connectivity index (χ2n) is 13.0. The molecular weight excluding hydrogens is 520 g/mol. The molecule has 6 heteroatoms. The molecule has 3 unspecified atom stereocenters. The number of hydrogen-bond acceptors (Lipinski definition) is 3. The quantitative estimate of drug-likeness (QED) is 0.195. The molecule has 2 aliphatic rings. The lowest BCUT2D eigenvalue weighted by Gasteiger charge is -2.40. The molecule has 2 N–H and O–H groups in total. The van der Waals surface area contributed by atoms with Gasteiger partial charge in [0.05, 0.1) is 25.7 Å². The van der Waals surface area contributed by atoms with Gasteiger partial charge in [-0.25, -0.2) is 0 Å². The summed E-state index contributed by atoms with van der Waals surface area (Å²) < 4.78 is 0.940. The van der Waals surface area contributed by atoms with Crippen molar-refractivity contribution in [2.24, 2.45) is 0 Å². The highest BCUT2D eigenvalue weighted by atomic mass is 16.2. The summed E-state index contributed by atoms with van der Waals surface area (Å²) in [6.07, 6.45) is 11.0. The molecule has 2 aromatic carbocycles. The lowest BCUT2D eigenvalue weighted by Crippen LogP contribution is -2.57. The number of likely N-dealkylation sites (tertiary alicyclic amines) is 2. The van der Waals surface area contributed by atoms with Crippen LogP contribution >= 0.6 is 0 Å². The number of aryl methyl sites for hydroxylation is 4. The fourth-order valence-electron chi connectivity index (χ4n) is 7.44. The Hall–Kier alpha value is -2.70. The summed E-state index contributed by atoms with van der Waals surface area (Å²) in [5.74, 6) is 0.345. The molecule has 2 aromatic rings. The van der Waals surface area contributed by atoms with Crippen LogP contribution in [0.15, 0.2) is 36.4 Å². The molecule has 0 spiro atoms. The number of unbranched alkanes of at least 4 members (excludes halogenated alkanes) is 3. The first-order valence-electron chi connectivity index (χ1n) is 16.6. The summed E-state index contributed by atoms with van der Waals surface area (Å²) in [5.41, 5.74) is 6.46. The SMILES string of the molecule is CCCC[N+]1(CCCCCN2CCCCC2C(=O)Nc2c(C)cccc2C)CCCC1C(=O)Nc1c(C)cccc1C. The molecule has 0 aliphatic carbocycles. The zero-order chi connectivity index (χ0) is 30.1. The Bertz CT molecular complexity index is 1170. The number of rotatable bonds is 13. The maximum Gasteiger partial charge on any atom is 0.282 e. The van der Waals surface area contributed by atoms with Crippen LogP contribution in [0.3, 0.4) is 0 Å². The van der Waals surface area contributed by atoms with Gasteiger partial charge in [0.15, 0.2) is 6.04 Å². The van der Waals surface area contributed by atoms with Gasteiger partial charge in [0, 0.05) is 24.2 Å². The van der Waals surface area contributed by atoms with Crippen LogP contribution in [0.4, 0.5) is 11.4 Å². The number of para-hydroxylation sites is 2. The standard InChI is InChI=1S/C36H54N4O2/c1-6-7-24-40(26-15-21-32(40)36(42)38-34-29(4)18-14-19-30(34)5)25-12-8-10-22-39-23-11-9-20-31(39)35(41)37-33-27(2)16-13-17-28(33)3/h13-14,16-19,31-32H,6-12,15,20-26H2,1-5H3,(H-,37,38,41,42)/p+1. The van der Waals surface area contributed by atoms with Crippen LogP contribution in [0.1, 0.15) is 93.4 Å². The predicted octanol–water partition coefficient (Wildman–Crippen LogP) is 7.30. The highest BCUT2D eigenvalue weighted by molar-refractivity contribution is 5.96. The van der Waals surface area contributed by atoms with E-state index in [1.807, 2.05) is 6.07 Å². The molecule has 0 aromatic heterocycles. The largest absolute Gasteiger partial charge is 0.324 e. The third-order valence-corrected chi connectivity index (χ3v) is 9.93. The van der Waals surface area contributed by atoms with Crippen molar-refractivity contribution >= 4 is 23.2 Å². The number of piperidine rings is 1. The van der Waals surface area contributed by atoms with E-state index in [0.717, 1.165) is 129 Å². The van der Waals surface area contributed by atoms with Crippen molar-refractivity contribution in [3.8, 4) is 0 Å². The summed E-state index contributed by atoms with van der Waals surface area (Å²) in [4.78, 5) is 29.5. The number of hydrogen-bond donors (Lipinski definition) is 2. The van der Waals surface area contributed by atoms with Crippen LogP contribution < -0.4 is 10.6 Å². The first-order chi connectivity index (χ1) is 20.3. The second-order valence-corrected chi connectivity index (χ2v) is 13.0. The molecule has 3 atom stereocenters. The number of nitrogens with one attached hydrogen (secondary N) is 2. The average molecular weight is 576 g/mol. The number of anilines is 2. The van der Waals surface area contributed by atoms with Crippen LogP contribution in [0.5, 0.6) is 0 Å². The fourth-order valence-corrected chi connectivity index (χ4v) is 7.44. The topological polar surface area (TPSA) is 61.4 Å². The summed E-state index contributed by atoms with van der Waals surface area (Å²) in [6, 6.07) is 12.4. The van der Waals surface area contributed by atoms with Gasteiger partial charge in [-0.2, -0.15) is 0 Å². The second kappa shape index (κ2) is 15.2. The average Bonchev–Trinajstić information content (AvgIpc) is 3.40. The molecule has 2 saturated heterocycles. The van der Waals surface area contributed by atoms with E-state index in [0.29, 0.717) is 0 Å². The molecule has 0 bridgehead atoms. The molecule has 6 nitrogen and oxygen atoms in total. The fraction of sp³-hybridized carbons (Fsp3) is 0.611. The zero-order valence-electron chi connectivity index (χ0n) is 26.9. The molecule has 0 saturated carbocycles. The zero-order valence-corrected chi connectivity index (χ0v) is 26.9. The van der Waals surface area contributed by atoms with Crippen LogP contribution in [0.2, 0.25) is 0 Å². The lowest BCUT2D eigenvalue weighted by atomic mass is 10.00. The van der Waals surface area contributed by atoms with Gasteiger partial charge in [-0.15, -0.1) is 0 Å². The Kier molecular flexibility index (Phi) is 11.6. The number of carbonyl (C=O) groups is 2. The van der Waals surface area contributed by atoms with Crippen LogP contribution in [0.25, 0.3) is 0 Å². The van der Waals surface area contributed by atoms with Crippen molar-refractivity contribution in [1.29, 1.82) is 0 Å². The molecule has 2 fully saturated rings. The number of nitrogens with zero attached hydrogens (tertiary/aromatic N) is 2. The summed E-state index contributed by atoms with van der Waals surface area (Å²) >= 11 is 0. The molecule has 4 rings (SSSR count). The van der Waals surface area contributed by atoms with Gasteiger partial charge in [-0.3, -0.25) is 14.5 Å². The minimum absolute atomic E-state index is 0.0376. The lowest BCUT2D eigenvalue weighted by molar-refractivity contribution is -0.931. The Morgan fingerprint density at radius 2 is 1.36 bits per heavy atom. The Labute approximate surface area is 254 Å². The Morgan fingerprint density at radius 3 is 1.98 bits per heavy atom. The minimum atomic E-state index is -0.0442. The smallest absolute Gasteiger partial charge is 0.282 e. The molecule has 2 amide bonds. The van der Waals surface area contributed by atoms with E-state index in [2.05, 4.69) is 80.5 Å². The van der Waals surface area contributed by atoms with Gasteiger partial charge < -0.3 is 15.1 Å². The third-order valence-electron chi connectivity index (χ3n) is 9.93. The normalized spacial score (nSPS) is 22.7. The third kappa shape index (κ3) is 7.82. The number of carbonyl (C=O) groups excluding carboxylic acids is 2. The van der Waals surface area contributed by atoms with Crippen LogP contribution in [-0.2, 0) is 9.59 Å². The van der Waals surface area contributed by atoms with E-state index in [9.17, 15) is 9.59 Å². The van der Waals surface area contributed by atoms with Crippen molar-refractivity contribution < 1.29 is 14.1 Å². The highest BCUT2D eigenvalue weighted by Crippen LogP contribution is 2.31. The van der Waals surface area contributed by atoms with Crippen molar-refractivity contribution in [2.45, 2.75) is 111 Å². The van der Waals surface area contributed by atoms with E-state index in [4.69, 9.17) is 0 Å². The Balaban J connectivity index is 1.32.